The molecule has 0 aliphatic rings. The standard InChI is InChI=1S/C11H14O/c1-4-10(12)11-8(2)6-5-7-9(11)3/h5-7H,4H2,1-3H3. The Balaban J connectivity index is 3.21. The molecule has 0 fully saturated rings. The molecule has 0 bridgehead atoms. The lowest BCUT2D eigenvalue weighted by atomic mass is 9.98. The van der Waals surface area contributed by atoms with Crippen LogP contribution in [0, 0.1) is 13.8 Å². The van der Waals surface area contributed by atoms with Crippen molar-refractivity contribution in [3.63, 3.8) is 0 Å². The van der Waals surface area contributed by atoms with Crippen LogP contribution in [0.2, 0.25) is 0 Å². The minimum Gasteiger partial charge on any atom is -0.294 e. The van der Waals surface area contributed by atoms with E-state index in [0.29, 0.717) is 6.42 Å². The van der Waals surface area contributed by atoms with Crippen LogP contribution >= 0.6 is 0 Å². The topological polar surface area (TPSA) is 17.1 Å². The predicted molar refractivity (Wildman–Crippen MR) is 50.5 cm³/mol. The van der Waals surface area contributed by atoms with Gasteiger partial charge in [0.2, 0.25) is 0 Å². The number of Topliss-reactive ketones (excluding diaryl/α,β-unsaturated/α-hetero) is 1. The molecule has 0 unspecified atom stereocenters. The van der Waals surface area contributed by atoms with Crippen molar-refractivity contribution in [1.82, 2.24) is 0 Å². The van der Waals surface area contributed by atoms with Gasteiger partial charge in [0.15, 0.2) is 5.78 Å². The highest BCUT2D eigenvalue weighted by Gasteiger charge is 2.08. The number of ketones is 1. The zero-order chi connectivity index (χ0) is 9.14. The Morgan fingerprint density at radius 3 is 2.17 bits per heavy atom. The van der Waals surface area contributed by atoms with Gasteiger partial charge in [0.05, 0.1) is 0 Å². The van der Waals surface area contributed by atoms with Crippen molar-refractivity contribution in [1.29, 1.82) is 0 Å². The second-order valence-corrected chi connectivity index (χ2v) is 3.04. The minimum atomic E-state index is 0.241. The predicted octanol–water partition coefficient (Wildman–Crippen LogP) is 2.90. The fourth-order valence-corrected chi connectivity index (χ4v) is 1.43. The maximum atomic E-state index is 11.5. The molecule has 0 aliphatic heterocycles. The summed E-state index contributed by atoms with van der Waals surface area (Å²) >= 11 is 0. The first-order valence-corrected chi connectivity index (χ1v) is 4.26. The lowest BCUT2D eigenvalue weighted by Gasteiger charge is -2.06. The van der Waals surface area contributed by atoms with Gasteiger partial charge in [-0.25, -0.2) is 0 Å². The average Bonchev–Trinajstić information content (AvgIpc) is 2.03. The molecule has 64 valence electrons. The van der Waals surface area contributed by atoms with E-state index in [9.17, 15) is 4.79 Å². The number of hydrogen-bond acceptors (Lipinski definition) is 1. The van der Waals surface area contributed by atoms with Crippen LogP contribution in [-0.4, -0.2) is 5.78 Å². The quantitative estimate of drug-likeness (QED) is 0.611. The molecular weight excluding hydrogens is 148 g/mol. The van der Waals surface area contributed by atoms with Crippen molar-refractivity contribution in [2.24, 2.45) is 0 Å². The van der Waals surface area contributed by atoms with Crippen LogP contribution < -0.4 is 0 Å². The first-order chi connectivity index (χ1) is 5.66. The second kappa shape index (κ2) is 3.53. The Kier molecular flexibility index (Phi) is 2.64. The van der Waals surface area contributed by atoms with Crippen LogP contribution in [0.1, 0.15) is 34.8 Å². The summed E-state index contributed by atoms with van der Waals surface area (Å²) in [6.07, 6.45) is 0.589. The monoisotopic (exact) mass is 162 g/mol. The Morgan fingerprint density at radius 2 is 1.75 bits per heavy atom. The molecule has 0 N–H and O–H groups in total. The van der Waals surface area contributed by atoms with Crippen LogP contribution in [0.25, 0.3) is 0 Å². The maximum Gasteiger partial charge on any atom is 0.163 e. The third kappa shape index (κ3) is 1.55. The fraction of sp³-hybridized carbons (Fsp3) is 0.364. The van der Waals surface area contributed by atoms with Crippen LogP contribution in [0.15, 0.2) is 18.2 Å². The van der Waals surface area contributed by atoms with Gasteiger partial charge in [-0.15, -0.1) is 0 Å². The Labute approximate surface area is 73.4 Å². The van der Waals surface area contributed by atoms with E-state index >= 15 is 0 Å². The summed E-state index contributed by atoms with van der Waals surface area (Å²) in [7, 11) is 0. The highest BCUT2D eigenvalue weighted by molar-refractivity contribution is 5.98. The molecule has 0 heterocycles. The van der Waals surface area contributed by atoms with Crippen molar-refractivity contribution < 1.29 is 4.79 Å². The molecule has 1 heteroatoms. The third-order valence-electron chi connectivity index (χ3n) is 2.08. The van der Waals surface area contributed by atoms with E-state index in [1.165, 1.54) is 0 Å². The van der Waals surface area contributed by atoms with E-state index < -0.39 is 0 Å². The van der Waals surface area contributed by atoms with E-state index in [0.717, 1.165) is 16.7 Å². The minimum absolute atomic E-state index is 0.241. The Bertz CT molecular complexity index is 280. The van der Waals surface area contributed by atoms with E-state index in [2.05, 4.69) is 0 Å². The molecule has 0 atom stereocenters. The molecule has 12 heavy (non-hydrogen) atoms. The van der Waals surface area contributed by atoms with Gasteiger partial charge in [-0.1, -0.05) is 25.1 Å². The average molecular weight is 162 g/mol. The van der Waals surface area contributed by atoms with E-state index in [1.54, 1.807) is 0 Å². The van der Waals surface area contributed by atoms with Crippen molar-refractivity contribution in [3.8, 4) is 0 Å². The molecule has 0 saturated heterocycles. The molecule has 0 amide bonds. The normalized spacial score (nSPS) is 9.92. The Hall–Kier alpha value is -1.11. The molecule has 1 aromatic carbocycles. The molecular formula is C11H14O. The highest BCUT2D eigenvalue weighted by Crippen LogP contribution is 2.14. The number of hydrogen-bond donors (Lipinski definition) is 0. The molecule has 0 aliphatic carbocycles. The second-order valence-electron chi connectivity index (χ2n) is 3.04. The molecule has 0 spiro atoms. The van der Waals surface area contributed by atoms with Gasteiger partial charge < -0.3 is 0 Å². The van der Waals surface area contributed by atoms with Crippen molar-refractivity contribution >= 4 is 5.78 Å². The smallest absolute Gasteiger partial charge is 0.163 e. The molecule has 1 rings (SSSR count). The van der Waals surface area contributed by atoms with Crippen LogP contribution in [0.4, 0.5) is 0 Å². The molecule has 1 nitrogen and oxygen atoms in total. The van der Waals surface area contributed by atoms with E-state index in [4.69, 9.17) is 0 Å². The van der Waals surface area contributed by atoms with Crippen molar-refractivity contribution in [2.45, 2.75) is 27.2 Å². The summed E-state index contributed by atoms with van der Waals surface area (Å²) in [4.78, 5) is 11.5. The number of rotatable bonds is 2. The van der Waals surface area contributed by atoms with Crippen LogP contribution in [-0.2, 0) is 0 Å². The molecule has 0 radical (unpaired) electrons. The van der Waals surface area contributed by atoms with Crippen molar-refractivity contribution in [3.05, 3.63) is 34.9 Å². The molecule has 0 saturated carbocycles. The fourth-order valence-electron chi connectivity index (χ4n) is 1.43. The summed E-state index contributed by atoms with van der Waals surface area (Å²) in [6.45, 7) is 5.86. The SMILES string of the molecule is CCC(=O)c1c(C)cccc1C. The summed E-state index contributed by atoms with van der Waals surface area (Å²) in [5.41, 5.74) is 3.07. The number of aryl methyl sites for hydroxylation is 2. The van der Waals surface area contributed by atoms with Gasteiger partial charge >= 0.3 is 0 Å². The van der Waals surface area contributed by atoms with E-state index in [1.807, 2.05) is 39.0 Å². The Morgan fingerprint density at radius 1 is 1.25 bits per heavy atom. The third-order valence-corrected chi connectivity index (χ3v) is 2.08. The lowest BCUT2D eigenvalue weighted by molar-refractivity contribution is 0.0987. The van der Waals surface area contributed by atoms with Gasteiger partial charge in [0.25, 0.3) is 0 Å². The zero-order valence-electron chi connectivity index (χ0n) is 7.85. The summed E-state index contributed by atoms with van der Waals surface area (Å²) in [6, 6.07) is 5.95. The van der Waals surface area contributed by atoms with Gasteiger partial charge in [-0.05, 0) is 25.0 Å². The molecule has 0 aromatic heterocycles. The van der Waals surface area contributed by atoms with Crippen LogP contribution in [0.3, 0.4) is 0 Å². The zero-order valence-corrected chi connectivity index (χ0v) is 7.85. The van der Waals surface area contributed by atoms with Gasteiger partial charge in [0, 0.05) is 12.0 Å². The van der Waals surface area contributed by atoms with E-state index in [-0.39, 0.29) is 5.78 Å². The molecule has 1 aromatic rings. The maximum absolute atomic E-state index is 11.5. The van der Waals surface area contributed by atoms with Gasteiger partial charge in [0.1, 0.15) is 0 Å². The number of carbonyl (C=O) groups is 1. The number of carbonyl (C=O) groups excluding carboxylic acids is 1. The first kappa shape index (κ1) is 8.98. The largest absolute Gasteiger partial charge is 0.294 e. The summed E-state index contributed by atoms with van der Waals surface area (Å²) in [5.74, 6) is 0.241. The van der Waals surface area contributed by atoms with Gasteiger partial charge in [-0.2, -0.15) is 0 Å². The number of benzene rings is 1. The summed E-state index contributed by atoms with van der Waals surface area (Å²) in [5, 5.41) is 0. The first-order valence-electron chi connectivity index (χ1n) is 4.26. The van der Waals surface area contributed by atoms with Gasteiger partial charge in [-0.3, -0.25) is 4.79 Å². The lowest BCUT2D eigenvalue weighted by Crippen LogP contribution is -2.02. The summed E-state index contributed by atoms with van der Waals surface area (Å²) < 4.78 is 0. The van der Waals surface area contributed by atoms with Crippen molar-refractivity contribution in [2.75, 3.05) is 0 Å². The highest BCUT2D eigenvalue weighted by atomic mass is 16.1. The van der Waals surface area contributed by atoms with Crippen LogP contribution in [0.5, 0.6) is 0 Å².